The van der Waals surface area contributed by atoms with Crippen molar-refractivity contribution >= 4 is 22.7 Å². The van der Waals surface area contributed by atoms with E-state index in [-0.39, 0.29) is 36.4 Å². The molecule has 1 aromatic heterocycles. The average molecular weight is 343 g/mol. The van der Waals surface area contributed by atoms with Crippen molar-refractivity contribution in [3.05, 3.63) is 40.4 Å². The Morgan fingerprint density at radius 2 is 2.16 bits per heavy atom. The number of aromatic nitrogens is 2. The third-order valence-corrected chi connectivity index (χ3v) is 4.35. The predicted molar refractivity (Wildman–Crippen MR) is 92.6 cm³/mol. The number of hydrogen-bond donors (Lipinski definition) is 3. The highest BCUT2D eigenvalue weighted by Gasteiger charge is 2.26. The smallest absolute Gasteiger partial charge is 0.258 e. The standard InChI is InChI=1S/C17H21N5O3/c18-14(23)10-22-7-3-4-11(9-22)16(24)19-8-15-20-13-6-2-1-5-12(13)17(25)21-15/h1-2,5-6,11H,3-4,7-10H2,(H2,18,23)(H,19,24)(H,20,21,25)/t11-/m1/s1. The number of likely N-dealkylation sites (tertiary alicyclic amines) is 1. The normalized spacial score (nSPS) is 18.2. The Hall–Kier alpha value is -2.74. The van der Waals surface area contributed by atoms with Crippen molar-refractivity contribution in [2.45, 2.75) is 19.4 Å². The van der Waals surface area contributed by atoms with Crippen LogP contribution in [-0.2, 0) is 16.1 Å². The van der Waals surface area contributed by atoms with E-state index in [1.165, 1.54) is 0 Å². The van der Waals surface area contributed by atoms with E-state index < -0.39 is 0 Å². The first-order valence-electron chi connectivity index (χ1n) is 8.29. The van der Waals surface area contributed by atoms with Gasteiger partial charge in [-0.1, -0.05) is 12.1 Å². The highest BCUT2D eigenvalue weighted by molar-refractivity contribution is 5.80. The molecule has 8 heteroatoms. The number of nitrogens with zero attached hydrogens (tertiary/aromatic N) is 2. The molecule has 0 saturated carbocycles. The molecule has 132 valence electrons. The zero-order chi connectivity index (χ0) is 17.8. The lowest BCUT2D eigenvalue weighted by Crippen LogP contribution is -2.45. The van der Waals surface area contributed by atoms with Crippen LogP contribution in [-0.4, -0.2) is 46.3 Å². The summed E-state index contributed by atoms with van der Waals surface area (Å²) in [6.07, 6.45) is 1.61. The average Bonchev–Trinajstić information content (AvgIpc) is 2.59. The molecule has 1 aliphatic rings. The molecule has 1 fully saturated rings. The van der Waals surface area contributed by atoms with E-state index in [9.17, 15) is 14.4 Å². The number of amides is 2. The van der Waals surface area contributed by atoms with Crippen LogP contribution in [0, 0.1) is 5.92 Å². The highest BCUT2D eigenvalue weighted by atomic mass is 16.2. The lowest BCUT2D eigenvalue weighted by atomic mass is 9.97. The van der Waals surface area contributed by atoms with Gasteiger partial charge in [0, 0.05) is 6.54 Å². The molecule has 2 heterocycles. The molecule has 25 heavy (non-hydrogen) atoms. The van der Waals surface area contributed by atoms with Gasteiger partial charge in [0.05, 0.1) is 29.9 Å². The summed E-state index contributed by atoms with van der Waals surface area (Å²) < 4.78 is 0. The molecule has 8 nitrogen and oxygen atoms in total. The molecule has 2 aromatic rings. The zero-order valence-electron chi connectivity index (χ0n) is 13.8. The zero-order valence-corrected chi connectivity index (χ0v) is 13.8. The van der Waals surface area contributed by atoms with E-state index in [2.05, 4.69) is 15.3 Å². The number of para-hydroxylation sites is 1. The molecule has 0 radical (unpaired) electrons. The summed E-state index contributed by atoms with van der Waals surface area (Å²) in [7, 11) is 0. The number of rotatable bonds is 5. The lowest BCUT2D eigenvalue weighted by molar-refractivity contribution is -0.128. The van der Waals surface area contributed by atoms with Gasteiger partial charge in [0.1, 0.15) is 5.82 Å². The second kappa shape index (κ2) is 7.43. The van der Waals surface area contributed by atoms with Crippen LogP contribution in [0.4, 0.5) is 0 Å². The third kappa shape index (κ3) is 4.21. The SMILES string of the molecule is NC(=O)CN1CCC[C@@H](C(=O)NCc2nc3ccccc3c(=O)[nH]2)C1. The molecule has 0 spiro atoms. The van der Waals surface area contributed by atoms with Gasteiger partial charge in [-0.05, 0) is 31.5 Å². The van der Waals surface area contributed by atoms with Crippen LogP contribution >= 0.6 is 0 Å². The molecule has 1 atom stereocenters. The highest BCUT2D eigenvalue weighted by Crippen LogP contribution is 2.16. The fourth-order valence-electron chi connectivity index (χ4n) is 3.17. The Labute approximate surface area is 144 Å². The van der Waals surface area contributed by atoms with Crippen molar-refractivity contribution in [1.29, 1.82) is 0 Å². The Kier molecular flexibility index (Phi) is 5.08. The minimum Gasteiger partial charge on any atom is -0.369 e. The van der Waals surface area contributed by atoms with Crippen molar-refractivity contribution in [3.8, 4) is 0 Å². The molecule has 0 unspecified atom stereocenters. The first kappa shape index (κ1) is 17.1. The van der Waals surface area contributed by atoms with E-state index >= 15 is 0 Å². The van der Waals surface area contributed by atoms with Gasteiger partial charge < -0.3 is 16.0 Å². The second-order valence-electron chi connectivity index (χ2n) is 6.29. The Balaban J connectivity index is 1.62. The Bertz CT molecular complexity index is 848. The van der Waals surface area contributed by atoms with Crippen LogP contribution < -0.4 is 16.6 Å². The monoisotopic (exact) mass is 343 g/mol. The number of fused-ring (bicyclic) bond motifs is 1. The summed E-state index contributed by atoms with van der Waals surface area (Å²) in [5, 5.41) is 3.34. The number of hydrogen-bond acceptors (Lipinski definition) is 5. The van der Waals surface area contributed by atoms with Crippen LogP contribution in [0.15, 0.2) is 29.1 Å². The van der Waals surface area contributed by atoms with Gasteiger partial charge in [-0.3, -0.25) is 19.3 Å². The molecule has 0 aliphatic carbocycles. The van der Waals surface area contributed by atoms with E-state index in [0.717, 1.165) is 19.4 Å². The molecule has 1 aliphatic heterocycles. The second-order valence-corrected chi connectivity index (χ2v) is 6.29. The Morgan fingerprint density at radius 1 is 1.36 bits per heavy atom. The molecule has 1 aromatic carbocycles. The van der Waals surface area contributed by atoms with Gasteiger partial charge in [-0.25, -0.2) is 4.98 Å². The van der Waals surface area contributed by atoms with Crippen molar-refractivity contribution in [2.24, 2.45) is 11.7 Å². The van der Waals surface area contributed by atoms with Crippen molar-refractivity contribution in [3.63, 3.8) is 0 Å². The number of carbonyl (C=O) groups excluding carboxylic acids is 2. The number of piperidine rings is 1. The van der Waals surface area contributed by atoms with Crippen LogP contribution in [0.25, 0.3) is 10.9 Å². The third-order valence-electron chi connectivity index (χ3n) is 4.35. The van der Waals surface area contributed by atoms with Gasteiger partial charge in [-0.2, -0.15) is 0 Å². The van der Waals surface area contributed by atoms with Crippen molar-refractivity contribution in [2.75, 3.05) is 19.6 Å². The number of benzene rings is 1. The summed E-state index contributed by atoms with van der Waals surface area (Å²) in [4.78, 5) is 44.4. The number of carbonyl (C=O) groups is 2. The maximum absolute atomic E-state index is 12.4. The van der Waals surface area contributed by atoms with Gasteiger partial charge in [0.2, 0.25) is 11.8 Å². The first-order chi connectivity index (χ1) is 12.0. The minimum atomic E-state index is -0.390. The van der Waals surface area contributed by atoms with Crippen LogP contribution in [0.2, 0.25) is 0 Å². The van der Waals surface area contributed by atoms with Gasteiger partial charge in [-0.15, -0.1) is 0 Å². The summed E-state index contributed by atoms with van der Waals surface area (Å²) in [6, 6.07) is 7.06. The lowest BCUT2D eigenvalue weighted by Gasteiger charge is -2.30. The largest absolute Gasteiger partial charge is 0.369 e. The number of primary amides is 1. The molecule has 0 bridgehead atoms. The summed E-state index contributed by atoms with van der Waals surface area (Å²) >= 11 is 0. The summed E-state index contributed by atoms with van der Waals surface area (Å²) in [5.74, 6) is -0.272. The molecule has 2 amide bonds. The maximum Gasteiger partial charge on any atom is 0.258 e. The minimum absolute atomic E-state index is 0.107. The van der Waals surface area contributed by atoms with Gasteiger partial charge in [0.15, 0.2) is 0 Å². The van der Waals surface area contributed by atoms with E-state index in [1.807, 2.05) is 11.0 Å². The maximum atomic E-state index is 12.4. The fourth-order valence-corrected chi connectivity index (χ4v) is 3.17. The number of nitrogens with two attached hydrogens (primary N) is 1. The van der Waals surface area contributed by atoms with Crippen LogP contribution in [0.3, 0.4) is 0 Å². The molecular formula is C17H21N5O3. The molecule has 3 rings (SSSR count). The fraction of sp³-hybridized carbons (Fsp3) is 0.412. The molecular weight excluding hydrogens is 322 g/mol. The number of nitrogens with one attached hydrogen (secondary N) is 2. The van der Waals surface area contributed by atoms with Crippen molar-refractivity contribution < 1.29 is 9.59 Å². The predicted octanol–water partition coefficient (Wildman–Crippen LogP) is -0.263. The van der Waals surface area contributed by atoms with E-state index in [0.29, 0.717) is 23.3 Å². The molecule has 1 saturated heterocycles. The number of H-pyrrole nitrogens is 1. The quantitative estimate of drug-likeness (QED) is 0.690. The van der Waals surface area contributed by atoms with Crippen molar-refractivity contribution in [1.82, 2.24) is 20.2 Å². The van der Waals surface area contributed by atoms with E-state index in [1.54, 1.807) is 18.2 Å². The van der Waals surface area contributed by atoms with E-state index in [4.69, 9.17) is 5.73 Å². The van der Waals surface area contributed by atoms with Gasteiger partial charge in [0.25, 0.3) is 5.56 Å². The first-order valence-corrected chi connectivity index (χ1v) is 8.29. The van der Waals surface area contributed by atoms with Crippen LogP contribution in [0.1, 0.15) is 18.7 Å². The van der Waals surface area contributed by atoms with Gasteiger partial charge >= 0.3 is 0 Å². The number of aromatic amines is 1. The topological polar surface area (TPSA) is 121 Å². The summed E-state index contributed by atoms with van der Waals surface area (Å²) in [5.41, 5.74) is 5.59. The Morgan fingerprint density at radius 3 is 2.96 bits per heavy atom. The summed E-state index contributed by atoms with van der Waals surface area (Å²) in [6.45, 7) is 1.61. The van der Waals surface area contributed by atoms with Crippen LogP contribution in [0.5, 0.6) is 0 Å². The molecule has 4 N–H and O–H groups in total.